The number of aliphatic hydroxyl groups is 1. The molecule has 2 aromatic rings. The van der Waals surface area contributed by atoms with Crippen LogP contribution >= 0.6 is 11.7 Å². The second kappa shape index (κ2) is 3.89. The van der Waals surface area contributed by atoms with Crippen LogP contribution in [0.1, 0.15) is 23.3 Å². The lowest BCUT2D eigenvalue weighted by molar-refractivity contribution is 0.148. The van der Waals surface area contributed by atoms with Crippen molar-refractivity contribution in [2.75, 3.05) is 0 Å². The van der Waals surface area contributed by atoms with Crippen LogP contribution in [-0.2, 0) is 6.42 Å². The van der Waals surface area contributed by atoms with E-state index in [-0.39, 0.29) is 0 Å². The van der Waals surface area contributed by atoms with Gasteiger partial charge in [0.2, 0.25) is 0 Å². The van der Waals surface area contributed by atoms with Gasteiger partial charge in [-0.2, -0.15) is 8.75 Å². The molecule has 0 aromatic carbocycles. The maximum Gasteiger partial charge on any atom is 0.133 e. The normalized spacial score (nSPS) is 13.0. The van der Waals surface area contributed by atoms with Gasteiger partial charge in [0.15, 0.2) is 0 Å². The number of hydrogen-bond acceptors (Lipinski definition) is 5. The topological polar surface area (TPSA) is 59.2 Å². The van der Waals surface area contributed by atoms with E-state index in [9.17, 15) is 5.11 Å². The molecular formula is C9H10N2O2S. The Morgan fingerprint density at radius 1 is 1.57 bits per heavy atom. The summed E-state index contributed by atoms with van der Waals surface area (Å²) >= 11 is 1.14. The minimum Gasteiger partial charge on any atom is -0.464 e. The highest BCUT2D eigenvalue weighted by Crippen LogP contribution is 2.19. The van der Waals surface area contributed by atoms with Gasteiger partial charge in [-0.15, -0.1) is 0 Å². The predicted molar refractivity (Wildman–Crippen MR) is 52.0 cm³/mol. The molecule has 0 bridgehead atoms. The molecule has 0 radical (unpaired) electrons. The molecule has 0 aliphatic rings. The summed E-state index contributed by atoms with van der Waals surface area (Å²) in [5.41, 5.74) is 0.788. The molecule has 2 heterocycles. The standard InChI is InChI=1S/C9H10N2O2S/c1-6-2-3-9(13-6)8(12)4-7-5-10-14-11-7/h2-3,5,8,12H,4H2,1H3. The second-order valence-corrected chi connectivity index (χ2v) is 3.62. The third kappa shape index (κ3) is 2.00. The molecule has 14 heavy (non-hydrogen) atoms. The molecule has 0 saturated carbocycles. The van der Waals surface area contributed by atoms with E-state index in [1.807, 2.05) is 13.0 Å². The Bertz CT molecular complexity index is 397. The van der Waals surface area contributed by atoms with Crippen LogP contribution < -0.4 is 0 Å². The lowest BCUT2D eigenvalue weighted by Gasteiger charge is -2.04. The van der Waals surface area contributed by atoms with Gasteiger partial charge in [0.05, 0.1) is 23.6 Å². The summed E-state index contributed by atoms with van der Waals surface area (Å²) in [5, 5.41) is 9.75. The average Bonchev–Trinajstić information content (AvgIpc) is 2.75. The SMILES string of the molecule is Cc1ccc(C(O)Cc2cnsn2)o1. The van der Waals surface area contributed by atoms with E-state index in [2.05, 4.69) is 8.75 Å². The molecule has 1 unspecified atom stereocenters. The molecule has 1 atom stereocenters. The number of rotatable bonds is 3. The third-order valence-electron chi connectivity index (χ3n) is 1.90. The smallest absolute Gasteiger partial charge is 0.133 e. The summed E-state index contributed by atoms with van der Waals surface area (Å²) in [6.07, 6.45) is 1.47. The monoisotopic (exact) mass is 210 g/mol. The molecule has 74 valence electrons. The van der Waals surface area contributed by atoms with E-state index in [0.29, 0.717) is 12.2 Å². The van der Waals surface area contributed by atoms with Crippen molar-refractivity contribution < 1.29 is 9.52 Å². The molecule has 4 nitrogen and oxygen atoms in total. The van der Waals surface area contributed by atoms with Crippen molar-refractivity contribution in [3.63, 3.8) is 0 Å². The predicted octanol–water partition coefficient (Wildman–Crippen LogP) is 1.72. The van der Waals surface area contributed by atoms with Gasteiger partial charge in [-0.1, -0.05) is 0 Å². The number of aliphatic hydroxyl groups excluding tert-OH is 1. The molecule has 0 amide bonds. The van der Waals surface area contributed by atoms with Crippen LogP contribution in [0.2, 0.25) is 0 Å². The van der Waals surface area contributed by atoms with Crippen LogP contribution in [0.25, 0.3) is 0 Å². The summed E-state index contributed by atoms with van der Waals surface area (Å²) in [7, 11) is 0. The van der Waals surface area contributed by atoms with Gasteiger partial charge in [-0.05, 0) is 19.1 Å². The molecular weight excluding hydrogens is 200 g/mol. The Balaban J connectivity index is 2.06. The highest BCUT2D eigenvalue weighted by Gasteiger charge is 2.13. The van der Waals surface area contributed by atoms with Gasteiger partial charge >= 0.3 is 0 Å². The van der Waals surface area contributed by atoms with E-state index in [1.165, 1.54) is 0 Å². The molecule has 5 heteroatoms. The first-order valence-corrected chi connectivity index (χ1v) is 4.99. The van der Waals surface area contributed by atoms with Crippen LogP contribution in [-0.4, -0.2) is 13.9 Å². The van der Waals surface area contributed by atoms with Gasteiger partial charge in [0.1, 0.15) is 17.6 Å². The van der Waals surface area contributed by atoms with Gasteiger partial charge < -0.3 is 9.52 Å². The minimum absolute atomic E-state index is 0.448. The number of nitrogens with zero attached hydrogens (tertiary/aromatic N) is 2. The Hall–Kier alpha value is -1.20. The lowest BCUT2D eigenvalue weighted by atomic mass is 10.2. The first-order chi connectivity index (χ1) is 6.75. The van der Waals surface area contributed by atoms with Crippen molar-refractivity contribution in [1.29, 1.82) is 0 Å². The first-order valence-electron chi connectivity index (χ1n) is 4.26. The van der Waals surface area contributed by atoms with E-state index in [0.717, 1.165) is 23.2 Å². The van der Waals surface area contributed by atoms with Crippen molar-refractivity contribution in [3.8, 4) is 0 Å². The fraction of sp³-hybridized carbons (Fsp3) is 0.333. The van der Waals surface area contributed by atoms with E-state index in [1.54, 1.807) is 12.3 Å². The van der Waals surface area contributed by atoms with E-state index in [4.69, 9.17) is 4.42 Å². The van der Waals surface area contributed by atoms with Crippen molar-refractivity contribution >= 4 is 11.7 Å². The van der Waals surface area contributed by atoms with Gasteiger partial charge in [-0.25, -0.2) is 0 Å². The van der Waals surface area contributed by atoms with E-state index >= 15 is 0 Å². The Morgan fingerprint density at radius 3 is 3.00 bits per heavy atom. The summed E-state index contributed by atoms with van der Waals surface area (Å²) in [6, 6.07) is 3.61. The molecule has 0 aliphatic carbocycles. The quantitative estimate of drug-likeness (QED) is 0.837. The van der Waals surface area contributed by atoms with Crippen molar-refractivity contribution in [1.82, 2.24) is 8.75 Å². The number of aryl methyl sites for hydroxylation is 1. The van der Waals surface area contributed by atoms with Crippen LogP contribution in [0.3, 0.4) is 0 Å². The van der Waals surface area contributed by atoms with Gasteiger partial charge in [-0.3, -0.25) is 0 Å². The van der Waals surface area contributed by atoms with Crippen LogP contribution in [0.5, 0.6) is 0 Å². The lowest BCUT2D eigenvalue weighted by Crippen LogP contribution is -2.00. The molecule has 2 rings (SSSR count). The Labute approximate surface area is 85.5 Å². The van der Waals surface area contributed by atoms with Crippen LogP contribution in [0.4, 0.5) is 0 Å². The molecule has 0 aliphatic heterocycles. The molecule has 0 fully saturated rings. The largest absolute Gasteiger partial charge is 0.464 e. The summed E-state index contributed by atoms with van der Waals surface area (Å²) in [6.45, 7) is 1.85. The maximum atomic E-state index is 9.75. The summed E-state index contributed by atoms with van der Waals surface area (Å²) in [5.74, 6) is 1.38. The number of furan rings is 1. The second-order valence-electron chi connectivity index (χ2n) is 3.07. The molecule has 2 aromatic heterocycles. The fourth-order valence-corrected chi connectivity index (χ4v) is 1.65. The van der Waals surface area contributed by atoms with Crippen molar-refractivity contribution in [2.24, 2.45) is 0 Å². The first kappa shape index (κ1) is 9.36. The van der Waals surface area contributed by atoms with Crippen LogP contribution in [0.15, 0.2) is 22.7 Å². The fourth-order valence-electron chi connectivity index (χ4n) is 1.21. The summed E-state index contributed by atoms with van der Waals surface area (Å²) < 4.78 is 13.2. The van der Waals surface area contributed by atoms with Gasteiger partial charge in [0, 0.05) is 6.42 Å². The molecule has 1 N–H and O–H groups in total. The number of aromatic nitrogens is 2. The zero-order valence-corrected chi connectivity index (χ0v) is 8.49. The Morgan fingerprint density at radius 2 is 2.43 bits per heavy atom. The molecule has 0 spiro atoms. The average molecular weight is 210 g/mol. The number of hydrogen-bond donors (Lipinski definition) is 1. The Kier molecular flexibility index (Phi) is 2.60. The highest BCUT2D eigenvalue weighted by molar-refractivity contribution is 6.99. The third-order valence-corrected chi connectivity index (χ3v) is 2.41. The van der Waals surface area contributed by atoms with Gasteiger partial charge in [0.25, 0.3) is 0 Å². The van der Waals surface area contributed by atoms with Crippen LogP contribution in [0, 0.1) is 6.92 Å². The van der Waals surface area contributed by atoms with Crippen molar-refractivity contribution in [3.05, 3.63) is 35.5 Å². The minimum atomic E-state index is -0.632. The van der Waals surface area contributed by atoms with Crippen molar-refractivity contribution in [2.45, 2.75) is 19.4 Å². The maximum absolute atomic E-state index is 9.75. The zero-order valence-electron chi connectivity index (χ0n) is 7.67. The molecule has 0 saturated heterocycles. The highest BCUT2D eigenvalue weighted by atomic mass is 32.1. The summed E-state index contributed by atoms with van der Waals surface area (Å²) in [4.78, 5) is 0. The van der Waals surface area contributed by atoms with E-state index < -0.39 is 6.10 Å². The zero-order chi connectivity index (χ0) is 9.97.